The molecule has 1 saturated carbocycles. The Balaban J connectivity index is 1.48. The smallest absolute Gasteiger partial charge is 0.268 e. The van der Waals surface area contributed by atoms with Crippen molar-refractivity contribution in [3.05, 3.63) is 84.2 Å². The Morgan fingerprint density at radius 2 is 1.84 bits per heavy atom. The molecule has 1 fully saturated rings. The summed E-state index contributed by atoms with van der Waals surface area (Å²) in [6.07, 6.45) is 6.83. The standard InChI is InChI=1S/C24H22N4O3S/c1-32(30,31)27-24(29)21-14-18(16-7-8-16)15-25-23(21)26-19-9-10-22-17(13-19)11-12-28(22)20-5-3-2-4-6-20/h2-6,9-16H,7-8H2,1H3,(H,25,26)(H,27,29). The van der Waals surface area contributed by atoms with E-state index in [0.29, 0.717) is 11.7 Å². The first-order valence-corrected chi connectivity index (χ1v) is 12.2. The molecule has 0 saturated heterocycles. The molecule has 32 heavy (non-hydrogen) atoms. The van der Waals surface area contributed by atoms with E-state index in [1.807, 2.05) is 65.5 Å². The number of hydrogen-bond acceptors (Lipinski definition) is 5. The maximum atomic E-state index is 12.7. The molecule has 162 valence electrons. The fourth-order valence-corrected chi connectivity index (χ4v) is 4.23. The average Bonchev–Trinajstić information content (AvgIpc) is 3.53. The van der Waals surface area contributed by atoms with Crippen molar-refractivity contribution in [3.63, 3.8) is 0 Å². The minimum Gasteiger partial charge on any atom is -0.340 e. The summed E-state index contributed by atoms with van der Waals surface area (Å²) in [5, 5.41) is 4.21. The lowest BCUT2D eigenvalue weighted by atomic mass is 10.1. The van der Waals surface area contributed by atoms with E-state index in [9.17, 15) is 13.2 Å². The van der Waals surface area contributed by atoms with Gasteiger partial charge in [-0.1, -0.05) is 18.2 Å². The molecule has 1 amide bonds. The number of benzene rings is 2. The number of anilines is 2. The van der Waals surface area contributed by atoms with Gasteiger partial charge in [-0.15, -0.1) is 0 Å². The summed E-state index contributed by atoms with van der Waals surface area (Å²) in [6.45, 7) is 0. The topological polar surface area (TPSA) is 93.1 Å². The van der Waals surface area contributed by atoms with Crippen molar-refractivity contribution >= 4 is 38.3 Å². The molecule has 0 unspecified atom stereocenters. The fourth-order valence-electron chi connectivity index (χ4n) is 3.79. The van der Waals surface area contributed by atoms with Crippen LogP contribution in [0.25, 0.3) is 16.6 Å². The van der Waals surface area contributed by atoms with E-state index in [4.69, 9.17) is 0 Å². The van der Waals surface area contributed by atoms with Crippen LogP contribution in [0.4, 0.5) is 11.5 Å². The summed E-state index contributed by atoms with van der Waals surface area (Å²) in [4.78, 5) is 17.1. The molecule has 2 heterocycles. The zero-order valence-electron chi connectivity index (χ0n) is 17.4. The number of rotatable bonds is 6. The van der Waals surface area contributed by atoms with Crippen LogP contribution in [0.3, 0.4) is 0 Å². The molecule has 7 nitrogen and oxygen atoms in total. The van der Waals surface area contributed by atoms with Crippen LogP contribution >= 0.6 is 0 Å². The second-order valence-electron chi connectivity index (χ2n) is 8.06. The van der Waals surface area contributed by atoms with Crippen molar-refractivity contribution in [1.82, 2.24) is 14.3 Å². The van der Waals surface area contributed by atoms with E-state index in [0.717, 1.165) is 46.9 Å². The van der Waals surface area contributed by atoms with E-state index in [1.54, 1.807) is 12.3 Å². The SMILES string of the molecule is CS(=O)(=O)NC(=O)c1cc(C2CC2)cnc1Nc1ccc2c(ccn2-c2ccccc2)c1. The number of hydrogen-bond donors (Lipinski definition) is 2. The number of sulfonamides is 1. The first-order valence-electron chi connectivity index (χ1n) is 10.3. The summed E-state index contributed by atoms with van der Waals surface area (Å²) in [5.74, 6) is 0.00846. The fraction of sp³-hybridized carbons (Fsp3) is 0.167. The number of carbonyl (C=O) groups is 1. The lowest BCUT2D eigenvalue weighted by Gasteiger charge is -2.13. The van der Waals surface area contributed by atoms with Gasteiger partial charge in [0.15, 0.2) is 0 Å². The maximum Gasteiger partial charge on any atom is 0.268 e. The predicted molar refractivity (Wildman–Crippen MR) is 125 cm³/mol. The summed E-state index contributed by atoms with van der Waals surface area (Å²) < 4.78 is 27.4. The second kappa shape index (κ2) is 7.80. The molecule has 1 aliphatic rings. The number of pyridine rings is 1. The Morgan fingerprint density at radius 1 is 1.06 bits per heavy atom. The van der Waals surface area contributed by atoms with Gasteiger partial charge in [0.1, 0.15) is 5.82 Å². The molecule has 2 N–H and O–H groups in total. The van der Waals surface area contributed by atoms with Crippen LogP contribution in [-0.4, -0.2) is 30.1 Å². The monoisotopic (exact) mass is 446 g/mol. The number of para-hydroxylation sites is 1. The van der Waals surface area contributed by atoms with Crippen molar-refractivity contribution in [3.8, 4) is 5.69 Å². The normalized spacial score (nSPS) is 13.8. The molecule has 0 radical (unpaired) electrons. The number of fused-ring (bicyclic) bond motifs is 1. The van der Waals surface area contributed by atoms with Crippen LogP contribution in [0.15, 0.2) is 73.1 Å². The highest BCUT2D eigenvalue weighted by atomic mass is 32.2. The molecule has 1 aliphatic carbocycles. The van der Waals surface area contributed by atoms with E-state index in [2.05, 4.69) is 14.9 Å². The summed E-state index contributed by atoms with van der Waals surface area (Å²) in [7, 11) is -3.69. The van der Waals surface area contributed by atoms with Gasteiger partial charge < -0.3 is 9.88 Å². The zero-order valence-corrected chi connectivity index (χ0v) is 18.3. The summed E-state index contributed by atoms with van der Waals surface area (Å²) in [5.41, 5.74) is 4.03. The third kappa shape index (κ3) is 4.22. The van der Waals surface area contributed by atoms with Crippen LogP contribution < -0.4 is 10.0 Å². The van der Waals surface area contributed by atoms with Gasteiger partial charge in [0.25, 0.3) is 5.91 Å². The van der Waals surface area contributed by atoms with Gasteiger partial charge in [0.05, 0.1) is 17.3 Å². The van der Waals surface area contributed by atoms with Gasteiger partial charge in [-0.05, 0) is 66.8 Å². The number of nitrogens with zero attached hydrogens (tertiary/aromatic N) is 2. The van der Waals surface area contributed by atoms with Gasteiger partial charge in [0.2, 0.25) is 10.0 Å². The molecule has 2 aromatic heterocycles. The van der Waals surface area contributed by atoms with Crippen LogP contribution in [0.2, 0.25) is 0 Å². The Labute approximate surface area is 186 Å². The van der Waals surface area contributed by atoms with Crippen LogP contribution in [0, 0.1) is 0 Å². The van der Waals surface area contributed by atoms with Gasteiger partial charge in [-0.25, -0.2) is 18.1 Å². The minimum absolute atomic E-state index is 0.210. The molecule has 4 aromatic rings. The molecular formula is C24H22N4O3S. The van der Waals surface area contributed by atoms with Crippen molar-refractivity contribution in [1.29, 1.82) is 0 Å². The van der Waals surface area contributed by atoms with Crippen LogP contribution in [-0.2, 0) is 10.0 Å². The van der Waals surface area contributed by atoms with Crippen molar-refractivity contribution < 1.29 is 13.2 Å². The first kappa shape index (κ1) is 20.3. The van der Waals surface area contributed by atoms with Gasteiger partial charge >= 0.3 is 0 Å². The Morgan fingerprint density at radius 3 is 2.56 bits per heavy atom. The van der Waals surface area contributed by atoms with Crippen molar-refractivity contribution in [2.75, 3.05) is 11.6 Å². The quantitative estimate of drug-likeness (QED) is 0.460. The molecule has 2 aromatic carbocycles. The molecule has 0 aliphatic heterocycles. The number of nitrogens with one attached hydrogen (secondary N) is 2. The highest BCUT2D eigenvalue weighted by Gasteiger charge is 2.26. The zero-order chi connectivity index (χ0) is 22.3. The van der Waals surface area contributed by atoms with Crippen molar-refractivity contribution in [2.45, 2.75) is 18.8 Å². The minimum atomic E-state index is -3.69. The van der Waals surface area contributed by atoms with Crippen LogP contribution in [0.5, 0.6) is 0 Å². The molecule has 8 heteroatoms. The van der Waals surface area contributed by atoms with E-state index in [-0.39, 0.29) is 5.56 Å². The summed E-state index contributed by atoms with van der Waals surface area (Å²) in [6, 6.07) is 19.7. The maximum absolute atomic E-state index is 12.7. The highest BCUT2D eigenvalue weighted by molar-refractivity contribution is 7.89. The Kier molecular flexibility index (Phi) is 4.94. The lowest BCUT2D eigenvalue weighted by molar-refractivity contribution is 0.0982. The van der Waals surface area contributed by atoms with E-state index >= 15 is 0 Å². The highest BCUT2D eigenvalue weighted by Crippen LogP contribution is 2.40. The molecular weight excluding hydrogens is 424 g/mol. The predicted octanol–water partition coefficient (Wildman–Crippen LogP) is 4.34. The molecule has 5 rings (SSSR count). The lowest BCUT2D eigenvalue weighted by Crippen LogP contribution is -2.30. The van der Waals surface area contributed by atoms with Crippen LogP contribution in [0.1, 0.15) is 34.7 Å². The number of carbonyl (C=O) groups excluding carboxylic acids is 1. The summed E-state index contributed by atoms with van der Waals surface area (Å²) >= 11 is 0. The molecule has 0 spiro atoms. The third-order valence-electron chi connectivity index (χ3n) is 5.47. The number of aromatic nitrogens is 2. The Bertz CT molecular complexity index is 1420. The molecule has 0 bridgehead atoms. The Hall–Kier alpha value is -3.65. The van der Waals surface area contributed by atoms with Gasteiger partial charge in [0, 0.05) is 29.2 Å². The average molecular weight is 447 g/mol. The first-order chi connectivity index (χ1) is 15.4. The number of amides is 1. The van der Waals surface area contributed by atoms with E-state index < -0.39 is 15.9 Å². The third-order valence-corrected chi connectivity index (χ3v) is 6.02. The second-order valence-corrected chi connectivity index (χ2v) is 9.81. The van der Waals surface area contributed by atoms with Gasteiger partial charge in [-0.3, -0.25) is 4.79 Å². The van der Waals surface area contributed by atoms with Gasteiger partial charge in [-0.2, -0.15) is 0 Å². The molecule has 0 atom stereocenters. The van der Waals surface area contributed by atoms with E-state index in [1.165, 1.54) is 0 Å². The van der Waals surface area contributed by atoms with Crippen molar-refractivity contribution in [2.24, 2.45) is 0 Å². The largest absolute Gasteiger partial charge is 0.340 e.